The minimum absolute atomic E-state index is 0.147. The Balaban J connectivity index is 2.43. The van der Waals surface area contributed by atoms with Crippen LogP contribution in [-0.2, 0) is 4.79 Å². The summed E-state index contributed by atoms with van der Waals surface area (Å²) < 4.78 is 0. The minimum Gasteiger partial charge on any atom is -0.398 e. The van der Waals surface area contributed by atoms with Gasteiger partial charge in [0.2, 0.25) is 5.91 Å². The second-order valence-corrected chi connectivity index (χ2v) is 4.94. The molecule has 0 aliphatic heterocycles. The van der Waals surface area contributed by atoms with Crippen molar-refractivity contribution in [1.29, 1.82) is 0 Å². The summed E-state index contributed by atoms with van der Waals surface area (Å²) in [5.74, 6) is -0.147. The largest absolute Gasteiger partial charge is 0.398 e. The van der Waals surface area contributed by atoms with Gasteiger partial charge in [-0.25, -0.2) is 5.01 Å². The van der Waals surface area contributed by atoms with Crippen molar-refractivity contribution < 1.29 is 4.79 Å². The number of rotatable bonds is 3. The number of carbonyl (C=O) groups excluding carboxylic acids is 1. The molecule has 0 bridgehead atoms. The third-order valence-corrected chi connectivity index (χ3v) is 3.15. The second kappa shape index (κ2) is 6.22. The predicted octanol–water partition coefficient (Wildman–Crippen LogP) is 3.35. The lowest BCUT2D eigenvalue weighted by atomic mass is 10.1. The normalized spacial score (nSPS) is 11.3. The van der Waals surface area contributed by atoms with Crippen molar-refractivity contribution in [3.8, 4) is 0 Å². The molecule has 0 heterocycles. The number of nitrogen functional groups attached to an aromatic ring is 1. The van der Waals surface area contributed by atoms with Gasteiger partial charge in [0, 0.05) is 18.2 Å². The summed E-state index contributed by atoms with van der Waals surface area (Å²) in [6, 6.07) is 15.1. The quantitative estimate of drug-likeness (QED) is 0.533. The molecule has 0 saturated heterocycles. The molecule has 0 spiro atoms. The van der Waals surface area contributed by atoms with E-state index >= 15 is 0 Å². The molecule has 2 aromatic carbocycles. The van der Waals surface area contributed by atoms with Crippen LogP contribution in [0, 0.1) is 6.92 Å². The van der Waals surface area contributed by atoms with Crippen molar-refractivity contribution in [2.45, 2.75) is 20.8 Å². The first-order valence-electron chi connectivity index (χ1n) is 6.76. The molecular weight excluding hydrogens is 262 g/mol. The van der Waals surface area contributed by atoms with E-state index in [0.717, 1.165) is 16.8 Å². The third-order valence-electron chi connectivity index (χ3n) is 3.15. The molecule has 1 amide bonds. The number of amides is 1. The Morgan fingerprint density at radius 1 is 1.10 bits per heavy atom. The standard InChI is InChI=1S/C17H19N3O/c1-12-9-10-17(18)16(11-12)13(2)19-20(14(3)21)15-7-5-4-6-8-15/h4-11H,18H2,1-3H3/b19-13+. The van der Waals surface area contributed by atoms with Gasteiger partial charge < -0.3 is 5.73 Å². The first-order valence-corrected chi connectivity index (χ1v) is 6.76. The van der Waals surface area contributed by atoms with E-state index in [1.54, 1.807) is 0 Å². The van der Waals surface area contributed by atoms with Gasteiger partial charge in [0.15, 0.2) is 0 Å². The molecule has 0 aromatic heterocycles. The molecule has 2 N–H and O–H groups in total. The maximum absolute atomic E-state index is 11.9. The summed E-state index contributed by atoms with van der Waals surface area (Å²) in [5, 5.41) is 5.82. The molecule has 0 saturated carbocycles. The van der Waals surface area contributed by atoms with Crippen molar-refractivity contribution in [2.24, 2.45) is 5.10 Å². The third kappa shape index (κ3) is 3.48. The molecule has 21 heavy (non-hydrogen) atoms. The highest BCUT2D eigenvalue weighted by molar-refractivity contribution is 6.05. The van der Waals surface area contributed by atoms with Gasteiger partial charge in [-0.15, -0.1) is 0 Å². The van der Waals surface area contributed by atoms with E-state index in [4.69, 9.17) is 5.73 Å². The fourth-order valence-corrected chi connectivity index (χ4v) is 2.07. The summed E-state index contributed by atoms with van der Waals surface area (Å²) in [5.41, 5.74) is 10.0. The van der Waals surface area contributed by atoms with Crippen LogP contribution in [0.3, 0.4) is 0 Å². The van der Waals surface area contributed by atoms with Crippen LogP contribution in [0.5, 0.6) is 0 Å². The van der Waals surface area contributed by atoms with Crippen molar-refractivity contribution in [2.75, 3.05) is 10.7 Å². The van der Waals surface area contributed by atoms with Crippen LogP contribution >= 0.6 is 0 Å². The topological polar surface area (TPSA) is 58.7 Å². The number of nitrogens with two attached hydrogens (primary N) is 1. The van der Waals surface area contributed by atoms with Crippen LogP contribution in [0.25, 0.3) is 0 Å². The van der Waals surface area contributed by atoms with Gasteiger partial charge >= 0.3 is 0 Å². The Morgan fingerprint density at radius 3 is 2.38 bits per heavy atom. The van der Waals surface area contributed by atoms with Crippen LogP contribution in [-0.4, -0.2) is 11.6 Å². The summed E-state index contributed by atoms with van der Waals surface area (Å²) >= 11 is 0. The van der Waals surface area contributed by atoms with Gasteiger partial charge in [0.05, 0.1) is 11.4 Å². The second-order valence-electron chi connectivity index (χ2n) is 4.94. The van der Waals surface area contributed by atoms with Crippen LogP contribution in [0.4, 0.5) is 11.4 Å². The Hall–Kier alpha value is -2.62. The van der Waals surface area contributed by atoms with Crippen molar-refractivity contribution in [1.82, 2.24) is 0 Å². The summed E-state index contributed by atoms with van der Waals surface area (Å²) in [6.07, 6.45) is 0. The lowest BCUT2D eigenvalue weighted by Gasteiger charge is -2.17. The highest BCUT2D eigenvalue weighted by Crippen LogP contribution is 2.18. The number of carbonyl (C=O) groups is 1. The van der Waals surface area contributed by atoms with E-state index < -0.39 is 0 Å². The van der Waals surface area contributed by atoms with E-state index in [-0.39, 0.29) is 5.91 Å². The number of para-hydroxylation sites is 1. The van der Waals surface area contributed by atoms with Gasteiger partial charge in [-0.1, -0.05) is 29.8 Å². The number of benzene rings is 2. The van der Waals surface area contributed by atoms with E-state index in [2.05, 4.69) is 5.10 Å². The van der Waals surface area contributed by atoms with Gasteiger partial charge in [0.25, 0.3) is 0 Å². The van der Waals surface area contributed by atoms with Gasteiger partial charge in [-0.2, -0.15) is 5.10 Å². The number of hydrogen-bond acceptors (Lipinski definition) is 3. The molecular formula is C17H19N3O. The van der Waals surface area contributed by atoms with Crippen molar-refractivity contribution >= 4 is 23.0 Å². The molecule has 4 nitrogen and oxygen atoms in total. The van der Waals surface area contributed by atoms with E-state index in [1.807, 2.05) is 62.4 Å². The lowest BCUT2D eigenvalue weighted by molar-refractivity contribution is -0.116. The average Bonchev–Trinajstić information content (AvgIpc) is 2.47. The molecule has 4 heteroatoms. The Morgan fingerprint density at radius 2 is 1.76 bits per heavy atom. The maximum Gasteiger partial charge on any atom is 0.244 e. The monoisotopic (exact) mass is 281 g/mol. The molecule has 108 valence electrons. The maximum atomic E-state index is 11.9. The highest BCUT2D eigenvalue weighted by Gasteiger charge is 2.12. The smallest absolute Gasteiger partial charge is 0.244 e. The lowest BCUT2D eigenvalue weighted by Crippen LogP contribution is -2.24. The summed E-state index contributed by atoms with van der Waals surface area (Å²) in [4.78, 5) is 11.9. The Bertz CT molecular complexity index is 678. The molecule has 2 rings (SSSR count). The van der Waals surface area contributed by atoms with E-state index in [1.165, 1.54) is 11.9 Å². The van der Waals surface area contributed by atoms with Gasteiger partial charge in [0.1, 0.15) is 0 Å². The van der Waals surface area contributed by atoms with Crippen LogP contribution in [0.2, 0.25) is 0 Å². The predicted molar refractivity (Wildman–Crippen MR) is 87.4 cm³/mol. The van der Waals surface area contributed by atoms with Crippen LogP contribution in [0.15, 0.2) is 53.6 Å². The Labute approximate surface area is 124 Å². The summed E-state index contributed by atoms with van der Waals surface area (Å²) in [7, 11) is 0. The summed E-state index contributed by atoms with van der Waals surface area (Å²) in [6.45, 7) is 5.34. The van der Waals surface area contributed by atoms with Crippen molar-refractivity contribution in [3.05, 3.63) is 59.7 Å². The van der Waals surface area contributed by atoms with E-state index in [9.17, 15) is 4.79 Å². The molecule has 0 aliphatic carbocycles. The molecule has 0 fully saturated rings. The van der Waals surface area contributed by atoms with Gasteiger partial charge in [-0.05, 0) is 38.1 Å². The minimum atomic E-state index is -0.147. The molecule has 0 unspecified atom stereocenters. The average molecular weight is 281 g/mol. The first-order chi connectivity index (χ1) is 9.99. The zero-order chi connectivity index (χ0) is 15.4. The van der Waals surface area contributed by atoms with E-state index in [0.29, 0.717) is 11.4 Å². The molecule has 2 aromatic rings. The molecule has 0 aliphatic rings. The number of anilines is 2. The van der Waals surface area contributed by atoms with Crippen molar-refractivity contribution in [3.63, 3.8) is 0 Å². The molecule has 0 radical (unpaired) electrons. The van der Waals surface area contributed by atoms with Crippen LogP contribution < -0.4 is 10.7 Å². The SMILES string of the molecule is CC(=O)N(/N=C(\C)c1cc(C)ccc1N)c1ccccc1. The zero-order valence-corrected chi connectivity index (χ0v) is 12.5. The fraction of sp³-hybridized carbons (Fsp3) is 0.176. The fourth-order valence-electron chi connectivity index (χ4n) is 2.07. The number of aryl methyl sites for hydroxylation is 1. The van der Waals surface area contributed by atoms with Crippen LogP contribution in [0.1, 0.15) is 25.0 Å². The zero-order valence-electron chi connectivity index (χ0n) is 12.5. The van der Waals surface area contributed by atoms with Gasteiger partial charge in [-0.3, -0.25) is 4.79 Å². The number of hydrogen-bond donors (Lipinski definition) is 1. The number of nitrogens with zero attached hydrogens (tertiary/aromatic N) is 2. The first kappa shape index (κ1) is 14.8. The number of hydrazone groups is 1. The highest BCUT2D eigenvalue weighted by atomic mass is 16.2. The molecule has 0 atom stereocenters. The Kier molecular flexibility index (Phi) is 4.38.